The van der Waals surface area contributed by atoms with Crippen LogP contribution in [0.3, 0.4) is 0 Å². The highest BCUT2D eigenvalue weighted by atomic mass is 127. The van der Waals surface area contributed by atoms with Crippen molar-refractivity contribution in [2.75, 3.05) is 6.61 Å². The fraction of sp³-hybridized carbons (Fsp3) is 0.353. The van der Waals surface area contributed by atoms with Crippen LogP contribution < -0.4 is 0 Å². The van der Waals surface area contributed by atoms with E-state index in [0.29, 0.717) is 22.2 Å². The molecule has 1 aliphatic rings. The molecule has 1 N–H and O–H groups in total. The van der Waals surface area contributed by atoms with E-state index in [0.717, 1.165) is 12.8 Å². The minimum atomic E-state index is -4.72. The third kappa shape index (κ3) is 3.35. The van der Waals surface area contributed by atoms with E-state index < -0.39 is 18.2 Å². The number of nitrogens with zero attached hydrogens (tertiary/aromatic N) is 4. The number of phenolic OH excluding ortho intramolecular Hbond substituents is 1. The number of fused-ring (bicyclic) bond motifs is 1. The van der Waals surface area contributed by atoms with E-state index in [1.165, 1.54) is 16.8 Å². The largest absolute Gasteiger partial charge is 0.507 e. The van der Waals surface area contributed by atoms with Crippen molar-refractivity contribution in [3.05, 3.63) is 33.8 Å². The Morgan fingerprint density at radius 1 is 1.19 bits per heavy atom. The Labute approximate surface area is 165 Å². The zero-order valence-electron chi connectivity index (χ0n) is 13.9. The number of ether oxygens (including phenoxy) is 1. The molecule has 1 fully saturated rings. The number of benzene rings is 1. The predicted octanol–water partition coefficient (Wildman–Crippen LogP) is 4.52. The quantitative estimate of drug-likeness (QED) is 0.535. The average molecular weight is 490 g/mol. The number of phenols is 1. The molecule has 1 aliphatic heterocycles. The van der Waals surface area contributed by atoms with E-state index in [2.05, 4.69) is 15.1 Å². The van der Waals surface area contributed by atoms with Crippen molar-refractivity contribution in [1.29, 1.82) is 0 Å². The van der Waals surface area contributed by atoms with Gasteiger partial charge in [0.25, 0.3) is 0 Å². The summed E-state index contributed by atoms with van der Waals surface area (Å²) in [6.07, 6.45) is -2.59. The van der Waals surface area contributed by atoms with Gasteiger partial charge in [0.05, 0.1) is 0 Å². The Kier molecular flexibility index (Phi) is 4.70. The lowest BCUT2D eigenvalue weighted by atomic mass is 10.1. The Bertz CT molecular complexity index is 1000. The van der Waals surface area contributed by atoms with E-state index in [4.69, 9.17) is 4.74 Å². The lowest BCUT2D eigenvalue weighted by Crippen LogP contribution is -2.20. The van der Waals surface area contributed by atoms with Crippen molar-refractivity contribution in [2.45, 2.75) is 31.7 Å². The summed E-state index contributed by atoms with van der Waals surface area (Å²) in [6, 6.07) is 6.13. The van der Waals surface area contributed by atoms with Crippen LogP contribution in [0.4, 0.5) is 13.2 Å². The molecule has 142 valence electrons. The molecule has 0 aliphatic carbocycles. The third-order valence-corrected chi connectivity index (χ3v) is 5.07. The van der Waals surface area contributed by atoms with Gasteiger partial charge in [-0.1, -0.05) is 12.1 Å². The van der Waals surface area contributed by atoms with Gasteiger partial charge >= 0.3 is 6.18 Å². The molecule has 0 amide bonds. The predicted molar refractivity (Wildman–Crippen MR) is 99.0 cm³/mol. The van der Waals surface area contributed by atoms with Crippen LogP contribution in [0.25, 0.3) is 22.3 Å². The number of aromatic nitrogens is 4. The zero-order chi connectivity index (χ0) is 19.2. The number of alkyl halides is 3. The molecule has 3 heterocycles. The van der Waals surface area contributed by atoms with Crippen LogP contribution >= 0.6 is 22.6 Å². The van der Waals surface area contributed by atoms with Crippen molar-refractivity contribution in [3.8, 4) is 17.0 Å². The molecule has 10 heteroatoms. The summed E-state index contributed by atoms with van der Waals surface area (Å²) >= 11 is 1.86. The average Bonchev–Trinajstić information content (AvgIpc) is 2.99. The maximum atomic E-state index is 13.4. The molecule has 3 aromatic rings. The molecule has 0 saturated carbocycles. The van der Waals surface area contributed by atoms with E-state index in [1.54, 1.807) is 12.1 Å². The highest BCUT2D eigenvalue weighted by molar-refractivity contribution is 14.1. The van der Waals surface area contributed by atoms with Crippen LogP contribution in [-0.2, 0) is 10.9 Å². The van der Waals surface area contributed by atoms with Gasteiger partial charge in [0.15, 0.2) is 6.23 Å². The summed E-state index contributed by atoms with van der Waals surface area (Å²) in [5.74, 6) is -1.44. The Morgan fingerprint density at radius 3 is 2.63 bits per heavy atom. The first-order valence-electron chi connectivity index (χ1n) is 8.29. The van der Waals surface area contributed by atoms with Gasteiger partial charge < -0.3 is 9.84 Å². The first kappa shape index (κ1) is 18.4. The zero-order valence-corrected chi connectivity index (χ0v) is 16.0. The summed E-state index contributed by atoms with van der Waals surface area (Å²) in [4.78, 5) is 7.47. The van der Waals surface area contributed by atoms with E-state index in [9.17, 15) is 18.3 Å². The number of halogens is 4. The van der Waals surface area contributed by atoms with Crippen LogP contribution in [0.5, 0.6) is 5.75 Å². The number of hydrogen-bond donors (Lipinski definition) is 1. The second kappa shape index (κ2) is 6.89. The highest BCUT2D eigenvalue weighted by Gasteiger charge is 2.37. The molecule has 1 saturated heterocycles. The van der Waals surface area contributed by atoms with Gasteiger partial charge in [-0.2, -0.15) is 18.3 Å². The van der Waals surface area contributed by atoms with Crippen LogP contribution in [-0.4, -0.2) is 31.5 Å². The van der Waals surface area contributed by atoms with Gasteiger partial charge in [0.2, 0.25) is 5.82 Å². The molecular formula is C17H14F3IN4O2. The maximum absolute atomic E-state index is 13.4. The molecule has 1 aromatic carbocycles. The molecular weight excluding hydrogens is 476 g/mol. The van der Waals surface area contributed by atoms with Gasteiger partial charge in [0, 0.05) is 12.2 Å². The highest BCUT2D eigenvalue weighted by Crippen LogP contribution is 2.38. The summed E-state index contributed by atoms with van der Waals surface area (Å²) in [5.41, 5.74) is 0.574. The Morgan fingerprint density at radius 2 is 1.96 bits per heavy atom. The second-order valence-electron chi connectivity index (χ2n) is 6.16. The standard InChI is InChI=1S/C17H14F3IN4O2/c18-17(19,20)16-22-12(9-5-1-2-6-10(9)26)14-13(23-16)15(21)24-25(14)11-7-3-4-8-27-11/h1-2,5-6,11,26H,3-4,7-8H2. The van der Waals surface area contributed by atoms with Gasteiger partial charge in [-0.15, -0.1) is 0 Å². The summed E-state index contributed by atoms with van der Waals surface area (Å²) in [7, 11) is 0. The molecule has 0 bridgehead atoms. The van der Waals surface area contributed by atoms with Crippen molar-refractivity contribution in [3.63, 3.8) is 0 Å². The number of para-hydroxylation sites is 1. The molecule has 2 aromatic heterocycles. The molecule has 0 radical (unpaired) electrons. The van der Waals surface area contributed by atoms with Crippen molar-refractivity contribution in [2.24, 2.45) is 0 Å². The van der Waals surface area contributed by atoms with Gasteiger partial charge in [-0.3, -0.25) is 0 Å². The number of rotatable bonds is 2. The minimum absolute atomic E-state index is 0.0185. The van der Waals surface area contributed by atoms with Gasteiger partial charge in [-0.25, -0.2) is 14.6 Å². The lowest BCUT2D eigenvalue weighted by Gasteiger charge is -2.24. The minimum Gasteiger partial charge on any atom is -0.507 e. The fourth-order valence-corrected chi connectivity index (χ4v) is 3.73. The molecule has 4 rings (SSSR count). The number of aromatic hydroxyl groups is 1. The molecule has 27 heavy (non-hydrogen) atoms. The van der Waals surface area contributed by atoms with E-state index in [1.807, 2.05) is 22.6 Å². The Balaban J connectivity index is 2.04. The van der Waals surface area contributed by atoms with Crippen LogP contribution in [0.2, 0.25) is 0 Å². The molecule has 0 spiro atoms. The number of hydrogen-bond acceptors (Lipinski definition) is 5. The first-order chi connectivity index (χ1) is 12.9. The van der Waals surface area contributed by atoms with Crippen LogP contribution in [0.1, 0.15) is 31.3 Å². The molecule has 6 nitrogen and oxygen atoms in total. The lowest BCUT2D eigenvalue weighted by molar-refractivity contribution is -0.144. The Hall–Kier alpha value is -1.95. The van der Waals surface area contributed by atoms with Crippen LogP contribution in [0, 0.1) is 3.70 Å². The van der Waals surface area contributed by atoms with Crippen LogP contribution in [0.15, 0.2) is 24.3 Å². The third-order valence-electron chi connectivity index (χ3n) is 4.35. The summed E-state index contributed by atoms with van der Waals surface area (Å²) in [5, 5.41) is 14.6. The van der Waals surface area contributed by atoms with Crippen molar-refractivity contribution >= 4 is 33.6 Å². The normalized spacial score (nSPS) is 18.1. The van der Waals surface area contributed by atoms with E-state index in [-0.39, 0.29) is 22.5 Å². The van der Waals surface area contributed by atoms with Crippen molar-refractivity contribution < 1.29 is 23.0 Å². The van der Waals surface area contributed by atoms with E-state index >= 15 is 0 Å². The van der Waals surface area contributed by atoms with Gasteiger partial charge in [0.1, 0.15) is 26.2 Å². The smallest absolute Gasteiger partial charge is 0.451 e. The molecule has 1 unspecified atom stereocenters. The topological polar surface area (TPSA) is 73.1 Å². The fourth-order valence-electron chi connectivity index (χ4n) is 3.12. The van der Waals surface area contributed by atoms with Gasteiger partial charge in [-0.05, 0) is 54.0 Å². The summed E-state index contributed by atoms with van der Waals surface area (Å²) < 4.78 is 47.7. The molecule has 1 atom stereocenters. The van der Waals surface area contributed by atoms with Crippen molar-refractivity contribution in [1.82, 2.24) is 19.7 Å². The monoisotopic (exact) mass is 490 g/mol. The summed E-state index contributed by atoms with van der Waals surface area (Å²) in [6.45, 7) is 0.552. The first-order valence-corrected chi connectivity index (χ1v) is 9.37. The SMILES string of the molecule is Oc1ccccc1-c1nc(C(F)(F)F)nc2c(I)nn(C3CCCCO3)c12. The maximum Gasteiger partial charge on any atom is 0.451 e. The second-order valence-corrected chi connectivity index (χ2v) is 7.19.